The minimum Gasteiger partial charge on any atom is -0.340 e. The number of alkyl halides is 3. The molecule has 36 heavy (non-hydrogen) atoms. The summed E-state index contributed by atoms with van der Waals surface area (Å²) in [4.78, 5) is 20.2. The summed E-state index contributed by atoms with van der Waals surface area (Å²) in [6.45, 7) is 1.43. The van der Waals surface area contributed by atoms with Gasteiger partial charge in [0.15, 0.2) is 5.65 Å². The first-order valence-electron chi connectivity index (χ1n) is 11.0. The highest BCUT2D eigenvalue weighted by atomic mass is 19.4. The minimum atomic E-state index is -4.47. The molecule has 5 rings (SSSR count). The number of aromatic nitrogens is 3. The molecule has 2 heterocycles. The van der Waals surface area contributed by atoms with Gasteiger partial charge < -0.3 is 15.2 Å². The smallest absolute Gasteiger partial charge is 0.340 e. The zero-order valence-electron chi connectivity index (χ0n) is 19.0. The molecule has 2 aromatic heterocycles. The maximum atomic E-state index is 13.4. The molecule has 0 aliphatic rings. The molecule has 3 aromatic carbocycles. The Kier molecular flexibility index (Phi) is 5.89. The van der Waals surface area contributed by atoms with Gasteiger partial charge in [0, 0.05) is 35.7 Å². The lowest BCUT2D eigenvalue weighted by Gasteiger charge is -2.11. The number of amides is 1. The molecule has 0 aliphatic carbocycles. The Morgan fingerprint density at radius 2 is 1.61 bits per heavy atom. The van der Waals surface area contributed by atoms with Crippen molar-refractivity contribution in [2.24, 2.45) is 0 Å². The van der Waals surface area contributed by atoms with Crippen LogP contribution < -0.4 is 10.6 Å². The highest BCUT2D eigenvalue weighted by Gasteiger charge is 2.30. The third kappa shape index (κ3) is 4.63. The quantitative estimate of drug-likeness (QED) is 0.286. The minimum absolute atomic E-state index is 0.170. The summed E-state index contributed by atoms with van der Waals surface area (Å²) >= 11 is 0. The van der Waals surface area contributed by atoms with Crippen molar-refractivity contribution >= 4 is 34.1 Å². The number of carbonyl (C=O) groups is 1. The van der Waals surface area contributed by atoms with Crippen LogP contribution >= 0.6 is 0 Å². The highest BCUT2D eigenvalue weighted by molar-refractivity contribution is 6.03. The van der Waals surface area contributed by atoms with E-state index in [-0.39, 0.29) is 5.91 Å². The Morgan fingerprint density at radius 3 is 2.31 bits per heavy atom. The van der Waals surface area contributed by atoms with E-state index in [4.69, 9.17) is 0 Å². The van der Waals surface area contributed by atoms with E-state index in [0.717, 1.165) is 28.9 Å². The van der Waals surface area contributed by atoms with Crippen LogP contribution in [0.5, 0.6) is 0 Å². The van der Waals surface area contributed by atoms with Crippen molar-refractivity contribution in [1.82, 2.24) is 14.5 Å². The van der Waals surface area contributed by atoms with E-state index < -0.39 is 11.7 Å². The Labute approximate surface area is 204 Å². The first-order valence-corrected chi connectivity index (χ1v) is 11.0. The molecule has 0 saturated heterocycles. The van der Waals surface area contributed by atoms with Gasteiger partial charge in [0.05, 0.1) is 10.9 Å². The first kappa shape index (κ1) is 23.1. The molecule has 0 aliphatic heterocycles. The molecule has 0 atom stereocenters. The molecule has 180 valence electrons. The Morgan fingerprint density at radius 1 is 0.889 bits per heavy atom. The zero-order chi connectivity index (χ0) is 25.3. The van der Waals surface area contributed by atoms with Crippen LogP contribution in [0.2, 0.25) is 0 Å². The standard InChI is InChI=1S/C27H20F3N5O/c1-17(36)33-20-10-12-21(13-11-20)34-25-24-23(18-6-3-2-4-7-18)15-35(26(24)32-16-31-25)22-9-5-8-19(14-22)27(28,29)30/h2-16H,1H3,(H,33,36)(H,31,32,34). The molecule has 0 spiro atoms. The van der Waals surface area contributed by atoms with Gasteiger partial charge in [-0.3, -0.25) is 4.79 Å². The Hall–Kier alpha value is -4.66. The van der Waals surface area contributed by atoms with Crippen LogP contribution in [0.15, 0.2) is 91.4 Å². The molecule has 2 N–H and O–H groups in total. The lowest BCUT2D eigenvalue weighted by atomic mass is 10.1. The topological polar surface area (TPSA) is 71.8 Å². The van der Waals surface area contributed by atoms with E-state index in [1.165, 1.54) is 19.3 Å². The maximum absolute atomic E-state index is 13.4. The van der Waals surface area contributed by atoms with Gasteiger partial charge in [-0.1, -0.05) is 36.4 Å². The third-order valence-corrected chi connectivity index (χ3v) is 5.59. The van der Waals surface area contributed by atoms with Crippen LogP contribution in [0.25, 0.3) is 27.8 Å². The van der Waals surface area contributed by atoms with Gasteiger partial charge in [-0.15, -0.1) is 0 Å². The van der Waals surface area contributed by atoms with Gasteiger partial charge in [-0.05, 0) is 48.0 Å². The molecule has 9 heteroatoms. The first-order chi connectivity index (χ1) is 17.3. The number of rotatable bonds is 5. The number of hydrogen-bond acceptors (Lipinski definition) is 4. The van der Waals surface area contributed by atoms with Crippen molar-refractivity contribution in [2.75, 3.05) is 10.6 Å². The zero-order valence-corrected chi connectivity index (χ0v) is 19.0. The summed E-state index contributed by atoms with van der Waals surface area (Å²) in [6.07, 6.45) is -1.32. The second-order valence-corrected chi connectivity index (χ2v) is 8.13. The van der Waals surface area contributed by atoms with Crippen molar-refractivity contribution in [1.29, 1.82) is 0 Å². The number of hydrogen-bond donors (Lipinski definition) is 2. The van der Waals surface area contributed by atoms with Crippen molar-refractivity contribution in [3.8, 4) is 16.8 Å². The summed E-state index contributed by atoms with van der Waals surface area (Å²) in [5, 5.41) is 6.66. The number of carbonyl (C=O) groups excluding carboxylic acids is 1. The van der Waals surface area contributed by atoms with Crippen LogP contribution in [-0.2, 0) is 11.0 Å². The van der Waals surface area contributed by atoms with Gasteiger partial charge >= 0.3 is 6.18 Å². The third-order valence-electron chi connectivity index (χ3n) is 5.59. The summed E-state index contributed by atoms with van der Waals surface area (Å²) in [5.74, 6) is 0.327. The summed E-state index contributed by atoms with van der Waals surface area (Å²) in [5.41, 5.74) is 3.06. The van der Waals surface area contributed by atoms with Gasteiger partial charge in [-0.25, -0.2) is 9.97 Å². The van der Waals surface area contributed by atoms with E-state index in [9.17, 15) is 18.0 Å². The average molecular weight is 487 g/mol. The summed E-state index contributed by atoms with van der Waals surface area (Å²) < 4.78 is 41.9. The Bertz CT molecular complexity index is 1540. The molecule has 1 amide bonds. The number of nitrogens with zero attached hydrogens (tertiary/aromatic N) is 3. The van der Waals surface area contributed by atoms with Crippen LogP contribution in [-0.4, -0.2) is 20.4 Å². The molecule has 0 unspecified atom stereocenters. The van der Waals surface area contributed by atoms with E-state index in [2.05, 4.69) is 20.6 Å². The van der Waals surface area contributed by atoms with Crippen LogP contribution in [0, 0.1) is 0 Å². The van der Waals surface area contributed by atoms with Crippen molar-refractivity contribution in [2.45, 2.75) is 13.1 Å². The maximum Gasteiger partial charge on any atom is 0.416 e. The summed E-state index contributed by atoms with van der Waals surface area (Å²) in [7, 11) is 0. The molecular weight excluding hydrogens is 467 g/mol. The van der Waals surface area contributed by atoms with Crippen LogP contribution in [0.4, 0.5) is 30.4 Å². The molecule has 0 radical (unpaired) electrons. The molecule has 5 aromatic rings. The predicted octanol–water partition coefficient (Wildman–Crippen LogP) is 6.81. The number of anilines is 3. The van der Waals surface area contributed by atoms with Crippen molar-refractivity contribution in [3.05, 3.63) is 97.0 Å². The fourth-order valence-corrected chi connectivity index (χ4v) is 4.00. The SMILES string of the molecule is CC(=O)Nc1ccc(Nc2ncnc3c2c(-c2ccccc2)cn3-c2cccc(C(F)(F)F)c2)cc1. The van der Waals surface area contributed by atoms with Crippen molar-refractivity contribution in [3.63, 3.8) is 0 Å². The largest absolute Gasteiger partial charge is 0.416 e. The number of nitrogens with one attached hydrogen (secondary N) is 2. The highest BCUT2D eigenvalue weighted by Crippen LogP contribution is 2.37. The lowest BCUT2D eigenvalue weighted by molar-refractivity contribution is -0.137. The van der Waals surface area contributed by atoms with Crippen LogP contribution in [0.3, 0.4) is 0 Å². The number of halogens is 3. The molecule has 0 saturated carbocycles. The second kappa shape index (κ2) is 9.18. The van der Waals surface area contributed by atoms with E-state index in [1.54, 1.807) is 41.1 Å². The van der Waals surface area contributed by atoms with Crippen molar-refractivity contribution < 1.29 is 18.0 Å². The molecule has 0 bridgehead atoms. The number of fused-ring (bicyclic) bond motifs is 1. The van der Waals surface area contributed by atoms with E-state index >= 15 is 0 Å². The fourth-order valence-electron chi connectivity index (χ4n) is 4.00. The summed E-state index contributed by atoms with van der Waals surface area (Å²) in [6, 6.07) is 21.8. The normalized spacial score (nSPS) is 11.4. The van der Waals surface area contributed by atoms with Gasteiger partial charge in [-0.2, -0.15) is 13.2 Å². The Balaban J connectivity index is 1.65. The second-order valence-electron chi connectivity index (χ2n) is 8.13. The lowest BCUT2D eigenvalue weighted by Crippen LogP contribution is -2.06. The fraction of sp³-hybridized carbons (Fsp3) is 0.0741. The van der Waals surface area contributed by atoms with Gasteiger partial charge in [0.1, 0.15) is 12.1 Å². The molecular formula is C27H20F3N5O. The monoisotopic (exact) mass is 487 g/mol. The van der Waals surface area contributed by atoms with Gasteiger partial charge in [0.2, 0.25) is 5.91 Å². The average Bonchev–Trinajstić information content (AvgIpc) is 3.26. The van der Waals surface area contributed by atoms with Crippen LogP contribution in [0.1, 0.15) is 12.5 Å². The predicted molar refractivity (Wildman–Crippen MR) is 133 cm³/mol. The molecule has 0 fully saturated rings. The van der Waals surface area contributed by atoms with E-state index in [1.807, 2.05) is 30.3 Å². The van der Waals surface area contributed by atoms with E-state index in [0.29, 0.717) is 28.2 Å². The van der Waals surface area contributed by atoms with Gasteiger partial charge in [0.25, 0.3) is 0 Å². The number of benzene rings is 3. The molecule has 6 nitrogen and oxygen atoms in total.